The molecule has 21 heavy (non-hydrogen) atoms. The summed E-state index contributed by atoms with van der Waals surface area (Å²) in [7, 11) is 0. The molecule has 1 atom stereocenters. The number of hydrogen-bond donors (Lipinski definition) is 1. The number of carbonyl (C=O) groups excluding carboxylic acids is 2. The first kappa shape index (κ1) is 14.4. The Kier molecular flexibility index (Phi) is 3.44. The van der Waals surface area contributed by atoms with Gasteiger partial charge < -0.3 is 5.32 Å². The molecule has 1 unspecified atom stereocenters. The summed E-state index contributed by atoms with van der Waals surface area (Å²) in [5.74, 6) is -1.17. The Morgan fingerprint density at radius 1 is 1.00 bits per heavy atom. The summed E-state index contributed by atoms with van der Waals surface area (Å²) in [6, 6.07) is 11.1. The van der Waals surface area contributed by atoms with Crippen LogP contribution < -0.4 is 5.32 Å². The number of carbonyl (C=O) groups is 2. The third kappa shape index (κ3) is 2.13. The SMILES string of the molecule is O=C1Nc2ccc(Cl)cc2C(=O)C1(Cl)c1ccccc1Cl. The number of alkyl halides is 1. The van der Waals surface area contributed by atoms with E-state index in [0.717, 1.165) is 0 Å². The molecule has 2 aromatic carbocycles. The number of rotatable bonds is 1. The van der Waals surface area contributed by atoms with Crippen LogP contribution in [0.25, 0.3) is 0 Å². The first-order chi connectivity index (χ1) is 9.94. The van der Waals surface area contributed by atoms with Crippen molar-refractivity contribution in [3.05, 3.63) is 63.6 Å². The number of fused-ring (bicyclic) bond motifs is 1. The van der Waals surface area contributed by atoms with E-state index in [9.17, 15) is 9.59 Å². The van der Waals surface area contributed by atoms with Crippen molar-refractivity contribution in [2.45, 2.75) is 4.87 Å². The highest BCUT2D eigenvalue weighted by Gasteiger charge is 2.51. The average molecular weight is 341 g/mol. The van der Waals surface area contributed by atoms with E-state index in [1.807, 2.05) is 0 Å². The van der Waals surface area contributed by atoms with Crippen molar-refractivity contribution in [1.29, 1.82) is 0 Å². The van der Waals surface area contributed by atoms with Gasteiger partial charge in [0.15, 0.2) is 5.78 Å². The number of Topliss-reactive ketones (excluding diaryl/α,β-unsaturated/α-hetero) is 1. The van der Waals surface area contributed by atoms with Gasteiger partial charge in [-0.25, -0.2) is 0 Å². The van der Waals surface area contributed by atoms with Crippen molar-refractivity contribution in [1.82, 2.24) is 0 Å². The van der Waals surface area contributed by atoms with Gasteiger partial charge in [0, 0.05) is 21.2 Å². The molecule has 0 radical (unpaired) electrons. The zero-order chi connectivity index (χ0) is 15.2. The van der Waals surface area contributed by atoms with Crippen LogP contribution in [0, 0.1) is 0 Å². The second-order valence-electron chi connectivity index (χ2n) is 4.61. The van der Waals surface area contributed by atoms with Crippen LogP contribution >= 0.6 is 34.8 Å². The van der Waals surface area contributed by atoms with Gasteiger partial charge in [0.05, 0.1) is 5.69 Å². The van der Waals surface area contributed by atoms with Crippen LogP contribution in [0.2, 0.25) is 10.0 Å². The molecular formula is C15H8Cl3NO2. The number of amides is 1. The van der Waals surface area contributed by atoms with Crippen molar-refractivity contribution in [3.63, 3.8) is 0 Å². The zero-order valence-electron chi connectivity index (χ0n) is 10.5. The number of halogens is 3. The van der Waals surface area contributed by atoms with Crippen LogP contribution in [0.4, 0.5) is 5.69 Å². The van der Waals surface area contributed by atoms with E-state index in [0.29, 0.717) is 10.7 Å². The quantitative estimate of drug-likeness (QED) is 0.623. The predicted molar refractivity (Wildman–Crippen MR) is 83.4 cm³/mol. The Balaban J connectivity index is 2.23. The number of nitrogens with one attached hydrogen (secondary N) is 1. The molecule has 1 aliphatic rings. The summed E-state index contributed by atoms with van der Waals surface area (Å²) >= 11 is 18.4. The van der Waals surface area contributed by atoms with Crippen LogP contribution in [0.3, 0.4) is 0 Å². The van der Waals surface area contributed by atoms with E-state index in [4.69, 9.17) is 34.8 Å². The molecule has 0 saturated carbocycles. The van der Waals surface area contributed by atoms with E-state index in [2.05, 4.69) is 5.32 Å². The van der Waals surface area contributed by atoms with Crippen molar-refractivity contribution < 1.29 is 9.59 Å². The third-order valence-electron chi connectivity index (χ3n) is 3.35. The number of ketones is 1. The minimum Gasteiger partial charge on any atom is -0.323 e. The number of hydrogen-bond acceptors (Lipinski definition) is 2. The lowest BCUT2D eigenvalue weighted by atomic mass is 9.85. The van der Waals surface area contributed by atoms with Crippen molar-refractivity contribution in [2.24, 2.45) is 0 Å². The van der Waals surface area contributed by atoms with Gasteiger partial charge in [0.2, 0.25) is 4.87 Å². The summed E-state index contributed by atoms with van der Waals surface area (Å²) in [5, 5.41) is 3.26. The fourth-order valence-electron chi connectivity index (χ4n) is 2.30. The fourth-order valence-corrected chi connectivity index (χ4v) is 3.11. The molecule has 3 nitrogen and oxygen atoms in total. The Morgan fingerprint density at radius 3 is 2.43 bits per heavy atom. The average Bonchev–Trinajstić information content (AvgIpc) is 2.46. The van der Waals surface area contributed by atoms with Crippen LogP contribution in [-0.4, -0.2) is 11.7 Å². The molecule has 0 aliphatic carbocycles. The standard InChI is InChI=1S/C15H8Cl3NO2/c16-8-5-6-12-9(7-8)13(20)15(18,14(21)19-12)10-3-1-2-4-11(10)17/h1-7H,(H,19,21). The van der Waals surface area contributed by atoms with E-state index < -0.39 is 16.6 Å². The van der Waals surface area contributed by atoms with Gasteiger partial charge in [-0.05, 0) is 24.3 Å². The molecule has 0 saturated heterocycles. The van der Waals surface area contributed by atoms with Crippen molar-refractivity contribution in [2.75, 3.05) is 5.32 Å². The summed E-state index contributed by atoms with van der Waals surface area (Å²) < 4.78 is 0. The number of benzene rings is 2. The van der Waals surface area contributed by atoms with Gasteiger partial charge in [0.25, 0.3) is 5.91 Å². The molecular weight excluding hydrogens is 333 g/mol. The van der Waals surface area contributed by atoms with Gasteiger partial charge in [-0.15, -0.1) is 0 Å². The highest BCUT2D eigenvalue weighted by Crippen LogP contribution is 2.43. The molecule has 1 aliphatic heterocycles. The first-order valence-corrected chi connectivity index (χ1v) is 7.17. The summed E-state index contributed by atoms with van der Waals surface area (Å²) in [5.41, 5.74) is 0.899. The van der Waals surface area contributed by atoms with E-state index in [1.54, 1.807) is 36.4 Å². The Bertz CT molecular complexity index is 775. The van der Waals surface area contributed by atoms with E-state index >= 15 is 0 Å². The maximum Gasteiger partial charge on any atom is 0.258 e. The molecule has 0 aromatic heterocycles. The highest BCUT2D eigenvalue weighted by molar-refractivity contribution is 6.53. The minimum atomic E-state index is -1.89. The first-order valence-electron chi connectivity index (χ1n) is 6.04. The number of anilines is 1. The maximum absolute atomic E-state index is 12.7. The normalized spacial score (nSPS) is 20.9. The molecule has 1 amide bonds. The summed E-state index contributed by atoms with van der Waals surface area (Å²) in [4.78, 5) is 23.2. The molecule has 6 heteroatoms. The summed E-state index contributed by atoms with van der Waals surface area (Å²) in [6.45, 7) is 0. The lowest BCUT2D eigenvalue weighted by molar-refractivity contribution is -0.117. The van der Waals surface area contributed by atoms with Crippen LogP contribution in [0.15, 0.2) is 42.5 Å². The fraction of sp³-hybridized carbons (Fsp3) is 0.0667. The van der Waals surface area contributed by atoms with E-state index in [1.165, 1.54) is 6.07 Å². The molecule has 2 aromatic rings. The second kappa shape index (κ2) is 5.02. The Labute approximate surface area is 135 Å². The largest absolute Gasteiger partial charge is 0.323 e. The monoisotopic (exact) mass is 339 g/mol. The molecule has 0 spiro atoms. The second-order valence-corrected chi connectivity index (χ2v) is 6.02. The molecule has 1 N–H and O–H groups in total. The Morgan fingerprint density at radius 2 is 1.71 bits per heavy atom. The lowest BCUT2D eigenvalue weighted by Crippen LogP contribution is -2.46. The van der Waals surface area contributed by atoms with Crippen LogP contribution in [0.5, 0.6) is 0 Å². The van der Waals surface area contributed by atoms with Crippen LogP contribution in [-0.2, 0) is 9.67 Å². The van der Waals surface area contributed by atoms with Crippen molar-refractivity contribution in [3.8, 4) is 0 Å². The topological polar surface area (TPSA) is 46.2 Å². The highest BCUT2D eigenvalue weighted by atomic mass is 35.5. The molecule has 3 rings (SSSR count). The van der Waals surface area contributed by atoms with Crippen molar-refractivity contribution >= 4 is 52.2 Å². The molecule has 0 bridgehead atoms. The van der Waals surface area contributed by atoms with Gasteiger partial charge in [-0.3, -0.25) is 9.59 Å². The van der Waals surface area contributed by atoms with E-state index in [-0.39, 0.29) is 16.1 Å². The smallest absolute Gasteiger partial charge is 0.258 e. The van der Waals surface area contributed by atoms with Gasteiger partial charge in [0.1, 0.15) is 0 Å². The zero-order valence-corrected chi connectivity index (χ0v) is 12.8. The molecule has 1 heterocycles. The minimum absolute atomic E-state index is 0.251. The van der Waals surface area contributed by atoms with Gasteiger partial charge >= 0.3 is 0 Å². The van der Waals surface area contributed by atoms with Gasteiger partial charge in [-0.1, -0.05) is 53.0 Å². The van der Waals surface area contributed by atoms with Crippen LogP contribution in [0.1, 0.15) is 15.9 Å². The van der Waals surface area contributed by atoms with Gasteiger partial charge in [-0.2, -0.15) is 0 Å². The Hall–Kier alpha value is -1.55. The summed E-state index contributed by atoms with van der Waals surface area (Å²) in [6.07, 6.45) is 0. The predicted octanol–water partition coefficient (Wildman–Crippen LogP) is 4.26. The third-order valence-corrected chi connectivity index (χ3v) is 4.46. The lowest BCUT2D eigenvalue weighted by Gasteiger charge is -2.31. The maximum atomic E-state index is 12.7. The molecule has 106 valence electrons. The molecule has 0 fully saturated rings.